The molecular formula is C12H13N3O6. The molecule has 9 nitrogen and oxygen atoms in total. The summed E-state index contributed by atoms with van der Waals surface area (Å²) in [5, 5.41) is 21.5. The van der Waals surface area contributed by atoms with Gasteiger partial charge in [0.2, 0.25) is 0 Å². The number of carbonyl (C=O) groups is 1. The van der Waals surface area contributed by atoms with E-state index in [9.17, 15) is 25.0 Å². The summed E-state index contributed by atoms with van der Waals surface area (Å²) in [6.45, 7) is -0.259. The van der Waals surface area contributed by atoms with Crippen molar-refractivity contribution in [1.82, 2.24) is 0 Å². The van der Waals surface area contributed by atoms with Crippen LogP contribution in [0.25, 0.3) is 0 Å². The maximum Gasteiger partial charge on any atom is 0.310 e. The molecule has 1 fully saturated rings. The first kappa shape index (κ1) is 14.9. The Morgan fingerprint density at radius 2 is 1.76 bits per heavy atom. The fourth-order valence-corrected chi connectivity index (χ4v) is 2.03. The molecular weight excluding hydrogens is 282 g/mol. The molecule has 2 rings (SSSR count). The highest BCUT2D eigenvalue weighted by Gasteiger charge is 2.35. The van der Waals surface area contributed by atoms with E-state index in [-0.39, 0.29) is 24.1 Å². The molecule has 112 valence electrons. The van der Waals surface area contributed by atoms with Crippen LogP contribution in [0, 0.1) is 26.1 Å². The number of non-ortho nitro benzene ring substituents is 2. The molecule has 0 amide bonds. The van der Waals surface area contributed by atoms with Gasteiger partial charge in [-0.2, -0.15) is 0 Å². The average molecular weight is 295 g/mol. The van der Waals surface area contributed by atoms with Crippen LogP contribution in [-0.2, 0) is 16.1 Å². The molecule has 2 N–H and O–H groups in total. The van der Waals surface area contributed by atoms with Crippen molar-refractivity contribution < 1.29 is 19.4 Å². The molecule has 9 heteroatoms. The molecule has 1 aliphatic carbocycles. The zero-order chi connectivity index (χ0) is 15.6. The van der Waals surface area contributed by atoms with E-state index in [0.717, 1.165) is 24.6 Å². The molecule has 0 heterocycles. The van der Waals surface area contributed by atoms with Crippen molar-refractivity contribution in [1.29, 1.82) is 0 Å². The Bertz CT molecular complexity index is 570. The molecule has 2 atom stereocenters. The molecule has 0 spiro atoms. The number of rotatable bonds is 5. The summed E-state index contributed by atoms with van der Waals surface area (Å²) in [6, 6.07) is 2.91. The normalized spacial score (nSPS) is 20.4. The molecule has 0 unspecified atom stereocenters. The maximum absolute atomic E-state index is 11.7. The standard InChI is InChI=1S/C12H13N3O6/c13-11-2-1-10(11)12(16)21-6-7-3-8(14(17)18)5-9(4-7)15(19)20/h3-5,10-11H,1-2,6,13H2/t10-,11+/m0/s1. The van der Waals surface area contributed by atoms with Gasteiger partial charge in [-0.3, -0.25) is 25.0 Å². The summed E-state index contributed by atoms with van der Waals surface area (Å²) in [6.07, 6.45) is 1.40. The number of hydrogen-bond acceptors (Lipinski definition) is 7. The molecule has 0 radical (unpaired) electrons. The van der Waals surface area contributed by atoms with Crippen LogP contribution in [0.2, 0.25) is 0 Å². The molecule has 1 aliphatic rings. The van der Waals surface area contributed by atoms with Crippen molar-refractivity contribution in [3.05, 3.63) is 44.0 Å². The molecule has 0 saturated heterocycles. The fourth-order valence-electron chi connectivity index (χ4n) is 2.03. The number of nitrogens with zero attached hydrogens (tertiary/aromatic N) is 2. The van der Waals surface area contributed by atoms with Gasteiger partial charge in [-0.05, 0) is 12.8 Å². The Balaban J connectivity index is 2.10. The van der Waals surface area contributed by atoms with Crippen LogP contribution >= 0.6 is 0 Å². The van der Waals surface area contributed by atoms with E-state index >= 15 is 0 Å². The van der Waals surface area contributed by atoms with Gasteiger partial charge in [-0.1, -0.05) is 0 Å². The monoisotopic (exact) mass is 295 g/mol. The first-order chi connectivity index (χ1) is 9.88. The molecule has 1 aromatic carbocycles. The van der Waals surface area contributed by atoms with Crippen molar-refractivity contribution in [3.8, 4) is 0 Å². The highest BCUT2D eigenvalue weighted by Crippen LogP contribution is 2.28. The van der Waals surface area contributed by atoms with Crippen LogP contribution in [-0.4, -0.2) is 21.9 Å². The summed E-state index contributed by atoms with van der Waals surface area (Å²) in [7, 11) is 0. The van der Waals surface area contributed by atoms with Gasteiger partial charge in [-0.15, -0.1) is 0 Å². The minimum absolute atomic E-state index is 0.192. The van der Waals surface area contributed by atoms with Gasteiger partial charge in [0.15, 0.2) is 0 Å². The minimum Gasteiger partial charge on any atom is -0.461 e. The van der Waals surface area contributed by atoms with Gasteiger partial charge in [0, 0.05) is 23.7 Å². The van der Waals surface area contributed by atoms with Gasteiger partial charge in [0.1, 0.15) is 6.61 Å². The van der Waals surface area contributed by atoms with Crippen molar-refractivity contribution in [2.45, 2.75) is 25.5 Å². The third-order valence-corrected chi connectivity index (χ3v) is 3.40. The Kier molecular flexibility index (Phi) is 4.13. The maximum atomic E-state index is 11.7. The largest absolute Gasteiger partial charge is 0.461 e. The van der Waals surface area contributed by atoms with Crippen LogP contribution < -0.4 is 5.73 Å². The van der Waals surface area contributed by atoms with Crippen LogP contribution in [0.5, 0.6) is 0 Å². The smallest absolute Gasteiger partial charge is 0.310 e. The van der Waals surface area contributed by atoms with E-state index in [1.165, 1.54) is 0 Å². The number of benzene rings is 1. The van der Waals surface area contributed by atoms with Gasteiger partial charge >= 0.3 is 5.97 Å². The van der Waals surface area contributed by atoms with Crippen LogP contribution in [0.15, 0.2) is 18.2 Å². The zero-order valence-electron chi connectivity index (χ0n) is 10.9. The SMILES string of the molecule is N[C@@H]1CC[C@@H]1C(=O)OCc1cc([N+](=O)[O-])cc([N+](=O)[O-])c1. The lowest BCUT2D eigenvalue weighted by Crippen LogP contribution is -2.44. The number of carbonyl (C=O) groups excluding carboxylic acids is 1. The second-order valence-electron chi connectivity index (χ2n) is 4.83. The second-order valence-corrected chi connectivity index (χ2v) is 4.83. The number of nitrogens with two attached hydrogens (primary N) is 1. The van der Waals surface area contributed by atoms with Crippen molar-refractivity contribution >= 4 is 17.3 Å². The van der Waals surface area contributed by atoms with Gasteiger partial charge in [0.25, 0.3) is 11.4 Å². The average Bonchev–Trinajstić information content (AvgIpc) is 2.43. The minimum atomic E-state index is -0.736. The highest BCUT2D eigenvalue weighted by atomic mass is 16.6. The lowest BCUT2D eigenvalue weighted by atomic mass is 9.80. The summed E-state index contributed by atoms with van der Waals surface area (Å²) in [4.78, 5) is 31.7. The van der Waals surface area contributed by atoms with E-state index in [4.69, 9.17) is 10.5 Å². The van der Waals surface area contributed by atoms with Crippen LogP contribution in [0.1, 0.15) is 18.4 Å². The van der Waals surface area contributed by atoms with Crippen molar-refractivity contribution in [2.24, 2.45) is 11.7 Å². The number of ether oxygens (including phenoxy) is 1. The van der Waals surface area contributed by atoms with Gasteiger partial charge in [-0.25, -0.2) is 0 Å². The van der Waals surface area contributed by atoms with Crippen LogP contribution in [0.3, 0.4) is 0 Å². The summed E-state index contributed by atoms with van der Waals surface area (Å²) >= 11 is 0. The number of hydrogen-bond donors (Lipinski definition) is 1. The first-order valence-electron chi connectivity index (χ1n) is 6.23. The Morgan fingerprint density at radius 1 is 1.19 bits per heavy atom. The van der Waals surface area contributed by atoms with Crippen molar-refractivity contribution in [2.75, 3.05) is 0 Å². The summed E-state index contributed by atoms with van der Waals surface area (Å²) in [5.41, 5.74) is 4.99. The Morgan fingerprint density at radius 3 is 2.14 bits per heavy atom. The Hall–Kier alpha value is -2.55. The summed E-state index contributed by atoms with van der Waals surface area (Å²) in [5.74, 6) is -0.846. The van der Waals surface area contributed by atoms with E-state index < -0.39 is 27.2 Å². The van der Waals surface area contributed by atoms with Crippen LogP contribution in [0.4, 0.5) is 11.4 Å². The van der Waals surface area contributed by atoms with E-state index in [1.54, 1.807) is 0 Å². The van der Waals surface area contributed by atoms with Gasteiger partial charge in [0.05, 0.1) is 21.8 Å². The van der Waals surface area contributed by atoms with E-state index in [0.29, 0.717) is 6.42 Å². The van der Waals surface area contributed by atoms with Crippen molar-refractivity contribution in [3.63, 3.8) is 0 Å². The van der Waals surface area contributed by atoms with Gasteiger partial charge < -0.3 is 10.5 Å². The van der Waals surface area contributed by atoms with E-state index in [2.05, 4.69) is 0 Å². The number of esters is 1. The predicted molar refractivity (Wildman–Crippen MR) is 70.2 cm³/mol. The third-order valence-electron chi connectivity index (χ3n) is 3.40. The molecule has 0 bridgehead atoms. The molecule has 21 heavy (non-hydrogen) atoms. The molecule has 1 aromatic rings. The Labute approximate surface area is 119 Å². The molecule has 0 aliphatic heterocycles. The highest BCUT2D eigenvalue weighted by molar-refractivity contribution is 5.74. The number of nitro benzene ring substituents is 2. The predicted octanol–water partition coefficient (Wildman–Crippen LogP) is 1.28. The van der Waals surface area contributed by atoms with E-state index in [1.807, 2.05) is 0 Å². The number of nitro groups is 2. The summed E-state index contributed by atoms with van der Waals surface area (Å²) < 4.78 is 5.01. The topological polar surface area (TPSA) is 139 Å². The fraction of sp³-hybridized carbons (Fsp3) is 0.417. The molecule has 0 aromatic heterocycles. The third kappa shape index (κ3) is 3.31. The zero-order valence-corrected chi connectivity index (χ0v) is 10.9. The first-order valence-corrected chi connectivity index (χ1v) is 6.23. The quantitative estimate of drug-likeness (QED) is 0.490. The molecule has 1 saturated carbocycles. The second kappa shape index (κ2) is 5.83. The lowest BCUT2D eigenvalue weighted by molar-refractivity contribution is -0.394. The lowest BCUT2D eigenvalue weighted by Gasteiger charge is -2.31.